The van der Waals surface area contributed by atoms with Crippen molar-refractivity contribution in [3.8, 4) is 0 Å². The Labute approximate surface area is 219 Å². The highest BCUT2D eigenvalue weighted by molar-refractivity contribution is 4.98. The predicted octanol–water partition coefficient (Wildman–Crippen LogP) is -6.75. The molecule has 2 aliphatic heterocycles. The van der Waals surface area contributed by atoms with Gasteiger partial charge in [0.15, 0.2) is 6.29 Å². The number of rotatable bonds is 4. The van der Waals surface area contributed by atoms with Crippen molar-refractivity contribution in [2.45, 2.75) is 125 Å². The molecule has 1 saturated carbocycles. The second-order valence-corrected chi connectivity index (χ2v) is 9.38. The maximum Gasteiger partial charge on any atom is 0.186 e. The van der Waals surface area contributed by atoms with Crippen LogP contribution in [0.25, 0.3) is 0 Å². The Balaban J connectivity index is 0.000000285. The smallest absolute Gasteiger partial charge is 0.186 e. The zero-order valence-corrected chi connectivity index (χ0v) is 21.4. The van der Waals surface area contributed by atoms with Gasteiger partial charge < -0.3 is 80.6 Å². The molecule has 1 aliphatic carbocycles. The number of methoxy groups -OCH3 is 1. The quantitative estimate of drug-likeness (QED) is 0.151. The average Bonchev–Trinajstić information content (AvgIpc) is 2.92. The molecule has 0 radical (unpaired) electrons. The maximum absolute atomic E-state index is 9.43. The van der Waals surface area contributed by atoms with Gasteiger partial charge in [-0.2, -0.15) is 0 Å². The highest BCUT2D eigenvalue weighted by Gasteiger charge is 2.47. The van der Waals surface area contributed by atoms with E-state index in [1.807, 2.05) is 6.92 Å². The van der Waals surface area contributed by atoms with E-state index in [0.29, 0.717) is 12.8 Å². The van der Waals surface area contributed by atoms with Crippen LogP contribution in [0.4, 0.5) is 0 Å². The van der Waals surface area contributed by atoms with Crippen LogP contribution in [-0.4, -0.2) is 178 Å². The van der Waals surface area contributed by atoms with Crippen LogP contribution in [0.15, 0.2) is 0 Å². The molecule has 0 aromatic carbocycles. The molecule has 3 aliphatic rings. The first kappa shape index (κ1) is 35.4. The molecule has 10 atom stereocenters. The summed E-state index contributed by atoms with van der Waals surface area (Å²) in [6, 6.07) is 0. The van der Waals surface area contributed by atoms with Crippen molar-refractivity contribution >= 4 is 0 Å². The molecule has 0 amide bonds. The van der Waals surface area contributed by atoms with Crippen LogP contribution >= 0.6 is 0 Å². The van der Waals surface area contributed by atoms with Crippen LogP contribution in [-0.2, 0) is 14.2 Å². The van der Waals surface area contributed by atoms with Gasteiger partial charge in [-0.05, 0) is 12.8 Å². The largest absolute Gasteiger partial charge is 0.394 e. The molecular weight excluding hydrogens is 520 g/mol. The molecule has 16 nitrogen and oxygen atoms in total. The van der Waals surface area contributed by atoms with E-state index in [4.69, 9.17) is 50.0 Å². The van der Waals surface area contributed by atoms with E-state index in [2.05, 4.69) is 0 Å². The van der Waals surface area contributed by atoms with Crippen LogP contribution in [0, 0.1) is 0 Å². The van der Waals surface area contributed by atoms with Crippen LogP contribution in [0.1, 0.15) is 26.7 Å². The first-order valence-corrected chi connectivity index (χ1v) is 12.3. The Bertz CT molecular complexity index is 524. The summed E-state index contributed by atoms with van der Waals surface area (Å²) in [6.07, 6.45) is -18.4. The predicted molar refractivity (Wildman–Crippen MR) is 124 cm³/mol. The van der Waals surface area contributed by atoms with Gasteiger partial charge in [0, 0.05) is 7.11 Å². The lowest BCUT2D eigenvalue weighted by molar-refractivity contribution is -0.290. The molecule has 16 heteroatoms. The SMILES string of the molecule is CC[C@H]1OC(CO)[C@H](O)[C@@H](O)C1O.CC[C@H]1OC(OC)[C@H](O)[C@@H](O)C1O.OC1C(O)C(O)C(O)C(O)C1O. The van der Waals surface area contributed by atoms with Gasteiger partial charge in [0.1, 0.15) is 79.4 Å². The summed E-state index contributed by atoms with van der Waals surface area (Å²) in [7, 11) is 1.38. The van der Waals surface area contributed by atoms with Gasteiger partial charge in [-0.3, -0.25) is 0 Å². The lowest BCUT2D eigenvalue weighted by atomic mass is 9.85. The summed E-state index contributed by atoms with van der Waals surface area (Å²) in [5.41, 5.74) is 0. The van der Waals surface area contributed by atoms with Gasteiger partial charge in [-0.15, -0.1) is 0 Å². The molecule has 4 unspecified atom stereocenters. The Hall–Kier alpha value is -0.640. The Kier molecular flexibility index (Phi) is 14.9. The lowest BCUT2D eigenvalue weighted by Crippen LogP contribution is -2.63. The monoisotopic (exact) mass is 564 g/mol. The van der Waals surface area contributed by atoms with Crippen molar-refractivity contribution in [1.82, 2.24) is 0 Å². The lowest BCUT2D eigenvalue weighted by Gasteiger charge is -2.39. The maximum atomic E-state index is 9.43. The van der Waals surface area contributed by atoms with Crippen molar-refractivity contribution in [2.75, 3.05) is 13.7 Å². The summed E-state index contributed by atoms with van der Waals surface area (Å²) in [6.45, 7) is 3.26. The second-order valence-electron chi connectivity index (χ2n) is 9.38. The normalized spacial score (nSPS) is 49.3. The minimum absolute atomic E-state index is 0.360. The third kappa shape index (κ3) is 8.20. The number of aliphatic hydroxyl groups excluding tert-OH is 13. The molecule has 0 aromatic rings. The molecule has 3 fully saturated rings. The minimum Gasteiger partial charge on any atom is -0.394 e. The van der Waals surface area contributed by atoms with E-state index in [9.17, 15) is 30.6 Å². The van der Waals surface area contributed by atoms with Crippen molar-refractivity contribution in [3.63, 3.8) is 0 Å². The van der Waals surface area contributed by atoms with E-state index in [-0.39, 0.29) is 6.61 Å². The minimum atomic E-state index is -1.64. The number of hydrogen-bond donors (Lipinski definition) is 13. The Morgan fingerprint density at radius 1 is 0.447 bits per heavy atom. The fourth-order valence-electron chi connectivity index (χ4n) is 4.18. The first-order chi connectivity index (χ1) is 17.7. The van der Waals surface area contributed by atoms with Gasteiger partial charge >= 0.3 is 0 Å². The summed E-state index contributed by atoms with van der Waals surface area (Å²) < 4.78 is 15.2. The average molecular weight is 565 g/mol. The van der Waals surface area contributed by atoms with Crippen molar-refractivity contribution < 1.29 is 80.6 Å². The van der Waals surface area contributed by atoms with E-state index < -0.39 is 97.8 Å². The molecule has 228 valence electrons. The molecule has 2 heterocycles. The van der Waals surface area contributed by atoms with Gasteiger partial charge in [-0.1, -0.05) is 13.8 Å². The summed E-state index contributed by atoms with van der Waals surface area (Å²) in [5, 5.41) is 119. The zero-order valence-electron chi connectivity index (χ0n) is 21.4. The fourth-order valence-corrected chi connectivity index (χ4v) is 4.18. The van der Waals surface area contributed by atoms with Gasteiger partial charge in [0.05, 0.1) is 18.8 Å². The molecule has 13 N–H and O–H groups in total. The molecule has 3 rings (SSSR count). The van der Waals surface area contributed by atoms with E-state index >= 15 is 0 Å². The van der Waals surface area contributed by atoms with Crippen molar-refractivity contribution in [1.29, 1.82) is 0 Å². The topological polar surface area (TPSA) is 291 Å². The van der Waals surface area contributed by atoms with Crippen LogP contribution < -0.4 is 0 Å². The first-order valence-electron chi connectivity index (χ1n) is 12.3. The summed E-state index contributed by atoms with van der Waals surface area (Å²) in [5.74, 6) is 0. The molecular formula is C22H44O16. The summed E-state index contributed by atoms with van der Waals surface area (Å²) >= 11 is 0. The molecule has 0 aromatic heterocycles. The van der Waals surface area contributed by atoms with Gasteiger partial charge in [0.25, 0.3) is 0 Å². The summed E-state index contributed by atoms with van der Waals surface area (Å²) in [4.78, 5) is 0. The third-order valence-corrected chi connectivity index (χ3v) is 6.80. The van der Waals surface area contributed by atoms with Gasteiger partial charge in [0.2, 0.25) is 0 Å². The Morgan fingerprint density at radius 2 is 0.737 bits per heavy atom. The van der Waals surface area contributed by atoms with Crippen molar-refractivity contribution in [2.24, 2.45) is 0 Å². The fraction of sp³-hybridized carbons (Fsp3) is 1.00. The molecule has 2 saturated heterocycles. The van der Waals surface area contributed by atoms with E-state index in [1.165, 1.54) is 7.11 Å². The number of hydrogen-bond acceptors (Lipinski definition) is 16. The number of ether oxygens (including phenoxy) is 3. The van der Waals surface area contributed by atoms with Gasteiger partial charge in [-0.25, -0.2) is 0 Å². The van der Waals surface area contributed by atoms with E-state index in [1.54, 1.807) is 6.92 Å². The van der Waals surface area contributed by atoms with Crippen LogP contribution in [0.5, 0.6) is 0 Å². The second kappa shape index (κ2) is 16.0. The zero-order chi connectivity index (χ0) is 29.5. The van der Waals surface area contributed by atoms with Crippen LogP contribution in [0.2, 0.25) is 0 Å². The van der Waals surface area contributed by atoms with E-state index in [0.717, 1.165) is 0 Å². The number of aliphatic hydroxyl groups is 13. The molecule has 38 heavy (non-hydrogen) atoms. The third-order valence-electron chi connectivity index (χ3n) is 6.80. The molecule has 0 spiro atoms. The highest BCUT2D eigenvalue weighted by Crippen LogP contribution is 2.24. The van der Waals surface area contributed by atoms with Crippen LogP contribution in [0.3, 0.4) is 0 Å². The standard InChI is InChI=1S/2C8H16O5.C6H12O6/c1-3-4-5(9)6(10)7(11)8(12-2)13-4;1-2-4-6(10)8(12)7(11)5(3-9)13-4;7-1-2(8)4(10)6(12)5(11)3(1)9/h4-11H,3H2,1-2H3;4-12H,2-3H2,1H3;1-12H/t4-,5?,6+,7-,8?;4-,5?,6?,7+,8+;/m11./s1. The Morgan fingerprint density at radius 3 is 1.05 bits per heavy atom. The molecule has 0 bridgehead atoms. The highest BCUT2D eigenvalue weighted by atomic mass is 16.7. The van der Waals surface area contributed by atoms with Crippen molar-refractivity contribution in [3.05, 3.63) is 0 Å².